The van der Waals surface area contributed by atoms with Crippen molar-refractivity contribution in [1.29, 1.82) is 0 Å². The third kappa shape index (κ3) is 4.46. The molecule has 0 aliphatic carbocycles. The van der Waals surface area contributed by atoms with Crippen LogP contribution in [-0.2, 0) is 27.2 Å². The van der Waals surface area contributed by atoms with Gasteiger partial charge < -0.3 is 18.1 Å². The summed E-state index contributed by atoms with van der Waals surface area (Å²) in [4.78, 5) is 0. The summed E-state index contributed by atoms with van der Waals surface area (Å²) in [5, 5.41) is 2.31. The molecule has 1 fully saturated rings. The zero-order valence-corrected chi connectivity index (χ0v) is 17.1. The highest BCUT2D eigenvalue weighted by Crippen LogP contribution is 2.70. The summed E-state index contributed by atoms with van der Waals surface area (Å²) < 4.78 is 47.5. The second-order valence-electron chi connectivity index (χ2n) is 6.64. The first-order chi connectivity index (χ1) is 10.5. The minimum absolute atomic E-state index is 0.0372. The van der Waals surface area contributed by atoms with Crippen LogP contribution >= 0.6 is 15.2 Å². The van der Waals surface area contributed by atoms with Gasteiger partial charge in [0, 0.05) is 20.3 Å². The largest absolute Gasteiger partial charge is 0.351 e. The Labute approximate surface area is 139 Å². The van der Waals surface area contributed by atoms with Crippen molar-refractivity contribution in [1.82, 2.24) is 5.32 Å². The first-order valence-electron chi connectivity index (χ1n) is 7.91. The summed E-state index contributed by atoms with van der Waals surface area (Å²) in [5.74, 6) is -0.0372. The van der Waals surface area contributed by atoms with Gasteiger partial charge in [-0.1, -0.05) is 13.8 Å². The molecule has 23 heavy (non-hydrogen) atoms. The van der Waals surface area contributed by atoms with Crippen molar-refractivity contribution in [3.8, 4) is 0 Å². The van der Waals surface area contributed by atoms with E-state index in [0.717, 1.165) is 0 Å². The Morgan fingerprint density at radius 2 is 1.39 bits per heavy atom. The van der Waals surface area contributed by atoms with Gasteiger partial charge >= 0.3 is 15.2 Å². The second kappa shape index (κ2) is 7.65. The molecule has 138 valence electrons. The van der Waals surface area contributed by atoms with Gasteiger partial charge in [0.05, 0.1) is 18.4 Å². The van der Waals surface area contributed by atoms with Crippen molar-refractivity contribution in [3.05, 3.63) is 0 Å². The lowest BCUT2D eigenvalue weighted by atomic mass is 10.1. The van der Waals surface area contributed by atoms with Crippen molar-refractivity contribution >= 4 is 15.2 Å². The van der Waals surface area contributed by atoms with E-state index in [2.05, 4.69) is 5.32 Å². The predicted octanol–water partition coefficient (Wildman–Crippen LogP) is 3.84. The molecule has 1 heterocycles. The van der Waals surface area contributed by atoms with Gasteiger partial charge in [-0.2, -0.15) is 0 Å². The molecule has 1 aliphatic heterocycles. The summed E-state index contributed by atoms with van der Waals surface area (Å²) in [6.07, 6.45) is -0.343. The monoisotopic (exact) mass is 371 g/mol. The van der Waals surface area contributed by atoms with Crippen LogP contribution in [-0.4, -0.2) is 43.9 Å². The molecule has 0 spiro atoms. The predicted molar refractivity (Wildman–Crippen MR) is 91.0 cm³/mol. The third-order valence-electron chi connectivity index (χ3n) is 3.82. The average molecular weight is 371 g/mol. The van der Waals surface area contributed by atoms with Crippen LogP contribution in [0, 0.1) is 5.92 Å². The molecule has 2 atom stereocenters. The van der Waals surface area contributed by atoms with E-state index in [9.17, 15) is 9.13 Å². The fourth-order valence-electron chi connectivity index (χ4n) is 2.93. The minimum atomic E-state index is -3.38. The van der Waals surface area contributed by atoms with Crippen LogP contribution in [0.25, 0.3) is 0 Å². The third-order valence-corrected chi connectivity index (χ3v) is 8.94. The normalized spacial score (nSPS) is 25.6. The van der Waals surface area contributed by atoms with Crippen molar-refractivity contribution in [2.45, 2.75) is 65.1 Å². The van der Waals surface area contributed by atoms with E-state index < -0.39 is 20.5 Å². The summed E-state index contributed by atoms with van der Waals surface area (Å²) >= 11 is 0. The van der Waals surface area contributed by atoms with Crippen molar-refractivity contribution in [3.63, 3.8) is 0 Å². The van der Waals surface area contributed by atoms with Crippen LogP contribution in [0.2, 0.25) is 0 Å². The van der Waals surface area contributed by atoms with Crippen LogP contribution in [0.1, 0.15) is 41.5 Å². The molecule has 1 rings (SSSR count). The Kier molecular flexibility index (Phi) is 7.09. The van der Waals surface area contributed by atoms with E-state index in [1.54, 1.807) is 0 Å². The van der Waals surface area contributed by atoms with E-state index in [4.69, 9.17) is 18.1 Å². The molecule has 7 nitrogen and oxygen atoms in total. The number of rotatable bonds is 10. The highest BCUT2D eigenvalue weighted by Gasteiger charge is 2.70. The molecule has 0 saturated carbocycles. The molecular formula is C14H31NO6P2. The summed E-state index contributed by atoms with van der Waals surface area (Å²) in [7, 11) is -3.99. The maximum Gasteiger partial charge on any atom is 0.351 e. The summed E-state index contributed by atoms with van der Waals surface area (Å²) in [6, 6.07) is -0.323. The quantitative estimate of drug-likeness (QED) is 0.461. The van der Waals surface area contributed by atoms with Gasteiger partial charge in [0.1, 0.15) is 5.28 Å². The highest BCUT2D eigenvalue weighted by atomic mass is 31.2. The number of hydrogen-bond acceptors (Lipinski definition) is 7. The smallest absolute Gasteiger partial charge is 0.311 e. The highest BCUT2D eigenvalue weighted by molar-refractivity contribution is 7.56. The van der Waals surface area contributed by atoms with E-state index in [1.807, 2.05) is 41.5 Å². The standard InChI is InChI=1S/C14H31NO6P2/c1-10(2)14(23(17,18-7)19-8)13(15-14)9-22(16,20-11(3)4)21-12(5)6/h10-13,15H,9H2,1-8H3/t13-,14-/m0/s1. The molecule has 0 amide bonds. The topological polar surface area (TPSA) is 93.0 Å². The molecule has 0 radical (unpaired) electrons. The van der Waals surface area contributed by atoms with Gasteiger partial charge in [-0.25, -0.2) is 0 Å². The zero-order valence-electron chi connectivity index (χ0n) is 15.4. The number of nitrogens with one attached hydrogen (secondary N) is 1. The van der Waals surface area contributed by atoms with Gasteiger partial charge in [-0.05, 0) is 33.6 Å². The Morgan fingerprint density at radius 1 is 0.957 bits per heavy atom. The van der Waals surface area contributed by atoms with Gasteiger partial charge in [0.25, 0.3) is 0 Å². The molecular weight excluding hydrogens is 340 g/mol. The van der Waals surface area contributed by atoms with Gasteiger partial charge in [0.15, 0.2) is 0 Å². The summed E-state index contributed by atoms with van der Waals surface area (Å²) in [6.45, 7) is 11.1. The SMILES string of the molecule is COP(=O)(OC)[C@]1(C(C)C)N[C@H]1CP(=O)(OC(C)C)OC(C)C. The first kappa shape index (κ1) is 21.3. The second-order valence-corrected chi connectivity index (χ2v) is 11.1. The molecule has 1 saturated heterocycles. The molecule has 0 aromatic rings. The van der Waals surface area contributed by atoms with Gasteiger partial charge in [0.2, 0.25) is 0 Å². The van der Waals surface area contributed by atoms with Crippen LogP contribution in [0.3, 0.4) is 0 Å². The fraction of sp³-hybridized carbons (Fsp3) is 1.00. The van der Waals surface area contributed by atoms with Crippen LogP contribution in [0.5, 0.6) is 0 Å². The maximum atomic E-state index is 13.0. The van der Waals surface area contributed by atoms with E-state index in [-0.39, 0.29) is 30.3 Å². The van der Waals surface area contributed by atoms with Crippen LogP contribution in [0.15, 0.2) is 0 Å². The van der Waals surface area contributed by atoms with Gasteiger partial charge in [-0.3, -0.25) is 14.4 Å². The molecule has 0 aromatic carbocycles. The molecule has 9 heteroatoms. The van der Waals surface area contributed by atoms with E-state index in [0.29, 0.717) is 0 Å². The maximum absolute atomic E-state index is 13.0. The molecule has 0 aromatic heterocycles. The Balaban J connectivity index is 3.03. The number of hydrogen-bond donors (Lipinski definition) is 1. The Hall–Kier alpha value is 0.260. The lowest BCUT2D eigenvalue weighted by Gasteiger charge is -2.28. The Bertz CT molecular complexity index is 474. The average Bonchev–Trinajstić information content (AvgIpc) is 3.10. The van der Waals surface area contributed by atoms with E-state index >= 15 is 0 Å². The van der Waals surface area contributed by atoms with Gasteiger partial charge in [-0.15, -0.1) is 0 Å². The Morgan fingerprint density at radius 3 is 1.70 bits per heavy atom. The van der Waals surface area contributed by atoms with Crippen molar-refractivity contribution < 1.29 is 27.2 Å². The molecule has 0 bridgehead atoms. The molecule has 1 N–H and O–H groups in total. The van der Waals surface area contributed by atoms with Crippen LogP contribution < -0.4 is 5.32 Å². The van der Waals surface area contributed by atoms with Crippen molar-refractivity contribution in [2.75, 3.05) is 20.4 Å². The first-order valence-corrected chi connectivity index (χ1v) is 11.2. The fourth-order valence-corrected chi connectivity index (χ4v) is 7.58. The van der Waals surface area contributed by atoms with E-state index in [1.165, 1.54) is 14.2 Å². The lowest BCUT2D eigenvalue weighted by molar-refractivity contribution is 0.142. The zero-order chi connectivity index (χ0) is 18.1. The molecule has 0 unspecified atom stereocenters. The minimum Gasteiger partial charge on any atom is -0.311 e. The lowest BCUT2D eigenvalue weighted by Crippen LogP contribution is -2.28. The molecule has 1 aliphatic rings. The summed E-state index contributed by atoms with van der Waals surface area (Å²) in [5.41, 5.74) is 0. The van der Waals surface area contributed by atoms with Crippen molar-refractivity contribution in [2.24, 2.45) is 5.92 Å². The van der Waals surface area contributed by atoms with Crippen LogP contribution in [0.4, 0.5) is 0 Å².